The van der Waals surface area contributed by atoms with Gasteiger partial charge in [-0.05, 0) is 80.1 Å². The van der Waals surface area contributed by atoms with Crippen molar-refractivity contribution in [3.8, 4) is 16.9 Å². The molecule has 1 amide bonds. The number of aromatic amines is 1. The summed E-state index contributed by atoms with van der Waals surface area (Å²) in [6.07, 6.45) is -0.313. The number of imidazole rings is 1. The molecule has 2 aromatic heterocycles. The first kappa shape index (κ1) is 30.1. The summed E-state index contributed by atoms with van der Waals surface area (Å²) in [5, 5.41) is 6.39. The van der Waals surface area contributed by atoms with E-state index < -0.39 is 27.8 Å². The Kier molecular flexibility index (Phi) is 8.02. The average molecular weight is 622 g/mol. The molecule has 10 nitrogen and oxygen atoms in total. The molecule has 0 fully saturated rings. The number of H-pyrrole nitrogens is 1. The van der Waals surface area contributed by atoms with Gasteiger partial charge in [0.2, 0.25) is 0 Å². The number of nitrogens with one attached hydrogen (secondary N) is 3. The second kappa shape index (κ2) is 11.7. The van der Waals surface area contributed by atoms with Crippen molar-refractivity contribution < 1.29 is 26.4 Å². The molecule has 0 radical (unpaired) electrons. The molecule has 0 bridgehead atoms. The zero-order valence-corrected chi connectivity index (χ0v) is 24.2. The molecule has 226 valence electrons. The Balaban J connectivity index is 1.38. The van der Waals surface area contributed by atoms with E-state index in [0.29, 0.717) is 11.3 Å². The van der Waals surface area contributed by atoms with Crippen LogP contribution in [0.25, 0.3) is 23.0 Å². The molecule has 14 heteroatoms. The van der Waals surface area contributed by atoms with Gasteiger partial charge in [0.25, 0.3) is 15.9 Å². The highest BCUT2D eigenvalue weighted by Crippen LogP contribution is 2.35. The summed E-state index contributed by atoms with van der Waals surface area (Å²) in [6.45, 7) is 3.62. The van der Waals surface area contributed by atoms with E-state index in [4.69, 9.17) is 5.73 Å². The number of alkyl halides is 3. The molecule has 44 heavy (non-hydrogen) atoms. The van der Waals surface area contributed by atoms with Crippen LogP contribution in [0.3, 0.4) is 0 Å². The van der Waals surface area contributed by atoms with Gasteiger partial charge in [0.05, 0.1) is 39.7 Å². The van der Waals surface area contributed by atoms with Crippen LogP contribution < -0.4 is 15.8 Å². The Labute approximate surface area is 250 Å². The normalized spacial score (nSPS) is 12.2. The molecule has 0 spiro atoms. The van der Waals surface area contributed by atoms with Gasteiger partial charge in [-0.3, -0.25) is 9.52 Å². The van der Waals surface area contributed by atoms with E-state index in [9.17, 15) is 26.4 Å². The highest BCUT2D eigenvalue weighted by molar-refractivity contribution is 7.92. The van der Waals surface area contributed by atoms with E-state index >= 15 is 0 Å². The third-order valence-corrected chi connectivity index (χ3v) is 7.92. The Hall–Kier alpha value is -5.37. The zero-order valence-electron chi connectivity index (χ0n) is 23.3. The fourth-order valence-electron chi connectivity index (χ4n) is 4.34. The largest absolute Gasteiger partial charge is 0.435 e. The molecule has 0 saturated heterocycles. The van der Waals surface area contributed by atoms with Gasteiger partial charge >= 0.3 is 6.18 Å². The molecular weight excluding hydrogens is 595 g/mol. The molecule has 0 aliphatic heterocycles. The molecule has 0 aliphatic rings. The van der Waals surface area contributed by atoms with E-state index in [0.717, 1.165) is 21.9 Å². The highest BCUT2D eigenvalue weighted by Gasteiger charge is 2.35. The number of sulfonamides is 1. The summed E-state index contributed by atoms with van der Waals surface area (Å²) >= 11 is 0. The number of hydrogen-bond acceptors (Lipinski definition) is 6. The fraction of sp³-hybridized carbons (Fsp3) is 0.100. The minimum Gasteiger partial charge on any atom is -0.394 e. The number of amides is 1. The Morgan fingerprint density at radius 3 is 2.41 bits per heavy atom. The van der Waals surface area contributed by atoms with Gasteiger partial charge in [0.1, 0.15) is 0 Å². The molecule has 0 unspecified atom stereocenters. The molecular formula is C30H26F3N7O3S. The molecule has 3 aromatic carbocycles. The SMILES string of the molecule is Cc1ccc(C)c(-c2cc(C(F)(F)F)nn2-c2ccc(S(=O)(=O)Nc3cccc(NC(=O)C(N)=Cc4c[nH]cn4)c3)cc2)c1. The first-order chi connectivity index (χ1) is 20.8. The van der Waals surface area contributed by atoms with E-state index in [2.05, 4.69) is 25.1 Å². The predicted octanol–water partition coefficient (Wildman–Crippen LogP) is 5.64. The van der Waals surface area contributed by atoms with Gasteiger partial charge < -0.3 is 16.0 Å². The van der Waals surface area contributed by atoms with Crippen molar-refractivity contribution in [3.63, 3.8) is 0 Å². The summed E-state index contributed by atoms with van der Waals surface area (Å²) < 4.78 is 70.8. The van der Waals surface area contributed by atoms with Crippen LogP contribution in [0.1, 0.15) is 22.5 Å². The van der Waals surface area contributed by atoms with Crippen molar-refractivity contribution in [2.24, 2.45) is 5.73 Å². The minimum absolute atomic E-state index is 0.108. The summed E-state index contributed by atoms with van der Waals surface area (Å²) in [5.74, 6) is -0.615. The summed E-state index contributed by atoms with van der Waals surface area (Å²) in [6, 6.07) is 17.7. The Bertz CT molecular complexity index is 1970. The lowest BCUT2D eigenvalue weighted by molar-refractivity contribution is -0.141. The van der Waals surface area contributed by atoms with Gasteiger partial charge in [0, 0.05) is 17.4 Å². The van der Waals surface area contributed by atoms with Crippen LogP contribution in [0, 0.1) is 13.8 Å². The van der Waals surface area contributed by atoms with Gasteiger partial charge in [-0.25, -0.2) is 18.1 Å². The first-order valence-electron chi connectivity index (χ1n) is 13.1. The molecule has 0 atom stereocenters. The predicted molar refractivity (Wildman–Crippen MR) is 160 cm³/mol. The number of aryl methyl sites for hydroxylation is 2. The maximum atomic E-state index is 13.6. The van der Waals surface area contributed by atoms with Crippen LogP contribution in [-0.2, 0) is 21.0 Å². The van der Waals surface area contributed by atoms with Gasteiger partial charge in [-0.2, -0.15) is 18.3 Å². The van der Waals surface area contributed by atoms with E-state index in [1.807, 2.05) is 19.1 Å². The van der Waals surface area contributed by atoms with Crippen molar-refractivity contribution >= 4 is 33.4 Å². The maximum Gasteiger partial charge on any atom is 0.435 e. The van der Waals surface area contributed by atoms with Crippen molar-refractivity contribution in [3.05, 3.63) is 114 Å². The van der Waals surface area contributed by atoms with E-state index in [1.54, 1.807) is 25.3 Å². The smallest absolute Gasteiger partial charge is 0.394 e. The number of aromatic nitrogens is 4. The summed E-state index contributed by atoms with van der Waals surface area (Å²) in [7, 11) is -4.12. The molecule has 2 heterocycles. The lowest BCUT2D eigenvalue weighted by atomic mass is 10.0. The van der Waals surface area contributed by atoms with Crippen molar-refractivity contribution in [2.75, 3.05) is 10.0 Å². The molecule has 5 N–H and O–H groups in total. The summed E-state index contributed by atoms with van der Waals surface area (Å²) in [4.78, 5) is 19.0. The Morgan fingerprint density at radius 2 is 1.73 bits per heavy atom. The van der Waals surface area contributed by atoms with Crippen LogP contribution in [0.15, 0.2) is 95.9 Å². The standard InChI is InChI=1S/C30H26F3N7O3S/c1-18-6-7-19(2)25(12-18)27-15-28(30(31,32)33)38-40(27)23-8-10-24(11-9-23)44(42,43)39-21-5-3-4-20(13-21)37-29(41)26(34)14-22-16-35-17-36-22/h3-17,39H,34H2,1-2H3,(H,35,36)(H,37,41). The number of nitrogens with two attached hydrogens (primary N) is 1. The summed E-state index contributed by atoms with van der Waals surface area (Å²) in [5.41, 5.74) is 8.17. The quantitative estimate of drug-likeness (QED) is 0.165. The number of carbonyl (C=O) groups excluding carboxylic acids is 1. The van der Waals surface area contributed by atoms with Crippen LogP contribution >= 0.6 is 0 Å². The van der Waals surface area contributed by atoms with Gasteiger partial charge in [-0.1, -0.05) is 23.8 Å². The van der Waals surface area contributed by atoms with Crippen LogP contribution in [0.2, 0.25) is 0 Å². The number of rotatable bonds is 8. The lowest BCUT2D eigenvalue weighted by Gasteiger charge is -2.13. The monoisotopic (exact) mass is 621 g/mol. The number of carbonyl (C=O) groups is 1. The van der Waals surface area contributed by atoms with Crippen molar-refractivity contribution in [1.82, 2.24) is 19.7 Å². The van der Waals surface area contributed by atoms with E-state index in [1.165, 1.54) is 54.9 Å². The highest BCUT2D eigenvalue weighted by atomic mass is 32.2. The second-order valence-electron chi connectivity index (χ2n) is 9.87. The maximum absolute atomic E-state index is 13.6. The van der Waals surface area contributed by atoms with Crippen molar-refractivity contribution in [1.29, 1.82) is 0 Å². The average Bonchev–Trinajstić information content (AvgIpc) is 3.65. The number of nitrogens with zero attached hydrogens (tertiary/aromatic N) is 3. The zero-order chi connectivity index (χ0) is 31.6. The number of hydrogen-bond donors (Lipinski definition) is 4. The van der Waals surface area contributed by atoms with Crippen LogP contribution in [-0.4, -0.2) is 34.1 Å². The van der Waals surface area contributed by atoms with Crippen LogP contribution in [0.5, 0.6) is 0 Å². The third kappa shape index (κ3) is 6.65. The van der Waals surface area contributed by atoms with E-state index in [-0.39, 0.29) is 33.3 Å². The Morgan fingerprint density at radius 1 is 1.00 bits per heavy atom. The fourth-order valence-corrected chi connectivity index (χ4v) is 5.39. The number of anilines is 2. The topological polar surface area (TPSA) is 148 Å². The molecule has 5 rings (SSSR count). The van der Waals surface area contributed by atoms with Gasteiger partial charge in [-0.15, -0.1) is 0 Å². The number of halogens is 3. The van der Waals surface area contributed by atoms with Crippen molar-refractivity contribution in [2.45, 2.75) is 24.9 Å². The van der Waals surface area contributed by atoms with Crippen LogP contribution in [0.4, 0.5) is 24.5 Å². The first-order valence-corrected chi connectivity index (χ1v) is 14.5. The molecule has 0 aliphatic carbocycles. The minimum atomic E-state index is -4.68. The number of benzene rings is 3. The second-order valence-corrected chi connectivity index (χ2v) is 11.6. The molecule has 0 saturated carbocycles. The lowest BCUT2D eigenvalue weighted by Crippen LogP contribution is -2.20. The van der Waals surface area contributed by atoms with Gasteiger partial charge in [0.15, 0.2) is 5.69 Å². The third-order valence-electron chi connectivity index (χ3n) is 6.52. The molecule has 5 aromatic rings.